The van der Waals surface area contributed by atoms with Gasteiger partial charge in [0.25, 0.3) is 0 Å². The molecule has 0 aliphatic rings. The number of anilines is 1. The summed E-state index contributed by atoms with van der Waals surface area (Å²) in [5, 5.41) is 2.72. The van der Waals surface area contributed by atoms with E-state index in [0.717, 1.165) is 18.9 Å². The highest BCUT2D eigenvalue weighted by Gasteiger charge is 2.33. The van der Waals surface area contributed by atoms with Crippen molar-refractivity contribution in [3.05, 3.63) is 29.8 Å². The zero-order chi connectivity index (χ0) is 16.6. The third-order valence-electron chi connectivity index (χ3n) is 3.23. The van der Waals surface area contributed by atoms with Crippen LogP contribution in [0.2, 0.25) is 0 Å². The number of hydrogen-bond donors (Lipinski definition) is 1. The summed E-state index contributed by atoms with van der Waals surface area (Å²) in [6.45, 7) is 5.55. The Balaban J connectivity index is 2.59. The summed E-state index contributed by atoms with van der Waals surface area (Å²) < 4.78 is 38.5. The predicted molar refractivity (Wildman–Crippen MR) is 81.7 cm³/mol. The summed E-state index contributed by atoms with van der Waals surface area (Å²) >= 11 is 0. The Morgan fingerprint density at radius 3 is 2.27 bits per heavy atom. The number of benzene rings is 1. The number of rotatable bonds is 8. The maximum Gasteiger partial charge on any atom is 0.418 e. The molecule has 1 amide bonds. The number of amides is 1. The zero-order valence-electron chi connectivity index (χ0n) is 13.0. The van der Waals surface area contributed by atoms with Crippen LogP contribution in [-0.4, -0.2) is 30.4 Å². The number of halogens is 3. The number of nitrogens with one attached hydrogen (secondary N) is 1. The van der Waals surface area contributed by atoms with Crippen molar-refractivity contribution in [2.24, 2.45) is 0 Å². The summed E-state index contributed by atoms with van der Waals surface area (Å²) in [6, 6.07) is 5.30. The second kappa shape index (κ2) is 8.66. The normalized spacial score (nSPS) is 11.3. The molecule has 6 heteroatoms. The zero-order valence-corrected chi connectivity index (χ0v) is 13.0. The molecule has 0 radical (unpaired) electrons. The van der Waals surface area contributed by atoms with Gasteiger partial charge < -0.3 is 10.2 Å². The van der Waals surface area contributed by atoms with Gasteiger partial charge in [0.15, 0.2) is 0 Å². The van der Waals surface area contributed by atoms with Crippen molar-refractivity contribution in [1.29, 1.82) is 0 Å². The lowest BCUT2D eigenvalue weighted by atomic mass is 10.1. The van der Waals surface area contributed by atoms with Crippen LogP contribution < -0.4 is 5.32 Å². The van der Waals surface area contributed by atoms with Gasteiger partial charge in [-0.15, -0.1) is 0 Å². The van der Waals surface area contributed by atoms with Gasteiger partial charge in [0, 0.05) is 31.7 Å². The van der Waals surface area contributed by atoms with Gasteiger partial charge in [-0.2, -0.15) is 13.2 Å². The maximum absolute atomic E-state index is 12.8. The van der Waals surface area contributed by atoms with Gasteiger partial charge in [-0.25, -0.2) is 0 Å². The van der Waals surface area contributed by atoms with E-state index in [9.17, 15) is 18.0 Å². The van der Waals surface area contributed by atoms with Crippen LogP contribution in [0.4, 0.5) is 18.9 Å². The second-order valence-electron chi connectivity index (χ2n) is 5.10. The first-order valence-corrected chi connectivity index (χ1v) is 7.58. The average Bonchev–Trinajstić information content (AvgIpc) is 2.46. The molecule has 0 spiro atoms. The van der Waals surface area contributed by atoms with E-state index < -0.39 is 11.7 Å². The van der Waals surface area contributed by atoms with Crippen LogP contribution in [0.3, 0.4) is 0 Å². The van der Waals surface area contributed by atoms with Crippen molar-refractivity contribution in [3.63, 3.8) is 0 Å². The van der Waals surface area contributed by atoms with E-state index in [-0.39, 0.29) is 24.6 Å². The topological polar surface area (TPSA) is 32.3 Å². The molecule has 0 atom stereocenters. The van der Waals surface area contributed by atoms with Crippen molar-refractivity contribution in [2.75, 3.05) is 25.0 Å². The molecule has 1 aromatic rings. The van der Waals surface area contributed by atoms with Crippen LogP contribution in [0.25, 0.3) is 0 Å². The Kier molecular flexibility index (Phi) is 7.21. The van der Waals surface area contributed by atoms with Crippen molar-refractivity contribution in [3.8, 4) is 0 Å². The molecule has 0 aliphatic carbocycles. The second-order valence-corrected chi connectivity index (χ2v) is 5.10. The van der Waals surface area contributed by atoms with E-state index in [4.69, 9.17) is 0 Å². The fourth-order valence-electron chi connectivity index (χ4n) is 2.25. The molecule has 0 saturated carbocycles. The fraction of sp³-hybridized carbons (Fsp3) is 0.562. The van der Waals surface area contributed by atoms with Crippen LogP contribution in [-0.2, 0) is 11.0 Å². The summed E-state index contributed by atoms with van der Waals surface area (Å²) in [6.07, 6.45) is -2.47. The molecular formula is C16H23F3N2O. The lowest BCUT2D eigenvalue weighted by Crippen LogP contribution is -2.33. The van der Waals surface area contributed by atoms with Crippen molar-refractivity contribution in [2.45, 2.75) is 39.3 Å². The van der Waals surface area contributed by atoms with E-state index >= 15 is 0 Å². The number of alkyl halides is 3. The molecule has 0 saturated heterocycles. The molecule has 0 aliphatic heterocycles. The minimum Gasteiger partial charge on any atom is -0.384 e. The van der Waals surface area contributed by atoms with Gasteiger partial charge in [-0.1, -0.05) is 26.0 Å². The number of hydrogen-bond acceptors (Lipinski definition) is 2. The highest BCUT2D eigenvalue weighted by molar-refractivity contribution is 5.76. The molecule has 22 heavy (non-hydrogen) atoms. The number of carbonyl (C=O) groups is 1. The first-order chi connectivity index (χ1) is 10.4. The summed E-state index contributed by atoms with van der Waals surface area (Å²) in [5.41, 5.74) is -0.693. The Morgan fingerprint density at radius 2 is 1.73 bits per heavy atom. The number of para-hydroxylation sites is 1. The molecule has 0 aromatic heterocycles. The largest absolute Gasteiger partial charge is 0.418 e. The Bertz CT molecular complexity index is 469. The molecule has 1 rings (SSSR count). The lowest BCUT2D eigenvalue weighted by Gasteiger charge is -2.22. The lowest BCUT2D eigenvalue weighted by molar-refractivity contribution is -0.137. The molecular weight excluding hydrogens is 293 g/mol. The molecule has 3 nitrogen and oxygen atoms in total. The van der Waals surface area contributed by atoms with Gasteiger partial charge in [0.1, 0.15) is 0 Å². The van der Waals surface area contributed by atoms with Crippen molar-refractivity contribution < 1.29 is 18.0 Å². The fourth-order valence-corrected chi connectivity index (χ4v) is 2.25. The highest BCUT2D eigenvalue weighted by atomic mass is 19.4. The maximum atomic E-state index is 12.8. The number of nitrogens with zero attached hydrogens (tertiary/aromatic N) is 1. The van der Waals surface area contributed by atoms with Gasteiger partial charge in [-0.05, 0) is 25.0 Å². The van der Waals surface area contributed by atoms with Crippen LogP contribution in [0.1, 0.15) is 38.7 Å². The molecule has 124 valence electrons. The molecule has 0 fully saturated rings. The van der Waals surface area contributed by atoms with Gasteiger partial charge in [0.05, 0.1) is 5.56 Å². The highest BCUT2D eigenvalue weighted by Crippen LogP contribution is 2.34. The van der Waals surface area contributed by atoms with E-state index in [2.05, 4.69) is 5.32 Å². The summed E-state index contributed by atoms with van der Waals surface area (Å²) in [4.78, 5) is 13.8. The minimum atomic E-state index is -4.40. The van der Waals surface area contributed by atoms with Crippen LogP contribution in [0, 0.1) is 0 Å². The minimum absolute atomic E-state index is 0.0142. The third kappa shape index (κ3) is 5.58. The van der Waals surface area contributed by atoms with E-state index in [1.807, 2.05) is 13.8 Å². The number of carbonyl (C=O) groups excluding carboxylic acids is 1. The summed E-state index contributed by atoms with van der Waals surface area (Å²) in [7, 11) is 0. The van der Waals surface area contributed by atoms with E-state index in [0.29, 0.717) is 13.1 Å². The SMILES string of the molecule is CCCN(CCC)C(=O)CCNc1ccccc1C(F)(F)F. The van der Waals surface area contributed by atoms with Gasteiger partial charge >= 0.3 is 6.18 Å². The first kappa shape index (κ1) is 18.3. The van der Waals surface area contributed by atoms with Crippen LogP contribution in [0.15, 0.2) is 24.3 Å². The van der Waals surface area contributed by atoms with Gasteiger partial charge in [0.2, 0.25) is 5.91 Å². The first-order valence-electron chi connectivity index (χ1n) is 7.58. The molecule has 1 aromatic carbocycles. The average molecular weight is 316 g/mol. The Labute approximate surface area is 129 Å². The molecule has 0 bridgehead atoms. The van der Waals surface area contributed by atoms with Crippen molar-refractivity contribution in [1.82, 2.24) is 4.90 Å². The van der Waals surface area contributed by atoms with Gasteiger partial charge in [-0.3, -0.25) is 4.79 Å². The summed E-state index contributed by atoms with van der Waals surface area (Å²) in [5.74, 6) is -0.0271. The van der Waals surface area contributed by atoms with Crippen LogP contribution in [0.5, 0.6) is 0 Å². The molecule has 0 unspecified atom stereocenters. The third-order valence-corrected chi connectivity index (χ3v) is 3.23. The smallest absolute Gasteiger partial charge is 0.384 e. The van der Waals surface area contributed by atoms with Crippen LogP contribution >= 0.6 is 0 Å². The van der Waals surface area contributed by atoms with E-state index in [1.54, 1.807) is 11.0 Å². The molecule has 1 N–H and O–H groups in total. The monoisotopic (exact) mass is 316 g/mol. The quantitative estimate of drug-likeness (QED) is 0.781. The Morgan fingerprint density at radius 1 is 1.14 bits per heavy atom. The standard InChI is InChI=1S/C16H23F3N2O/c1-3-11-21(12-4-2)15(22)9-10-20-14-8-6-5-7-13(14)16(17,18)19/h5-8,20H,3-4,9-12H2,1-2H3. The Hall–Kier alpha value is -1.72. The van der Waals surface area contributed by atoms with E-state index in [1.165, 1.54) is 12.1 Å². The van der Waals surface area contributed by atoms with Crippen molar-refractivity contribution >= 4 is 11.6 Å². The molecule has 0 heterocycles. The predicted octanol–water partition coefficient (Wildman–Crippen LogP) is 4.16.